The van der Waals surface area contributed by atoms with Gasteiger partial charge in [-0.3, -0.25) is 4.79 Å². The lowest BCUT2D eigenvalue weighted by Gasteiger charge is -2.21. The number of methoxy groups -OCH3 is 2. The molecule has 2 N–H and O–H groups in total. The molecule has 2 aromatic carbocycles. The summed E-state index contributed by atoms with van der Waals surface area (Å²) in [6.07, 6.45) is 0. The lowest BCUT2D eigenvalue weighted by atomic mass is 10.1. The minimum Gasteiger partial charge on any atom is -0.497 e. The quantitative estimate of drug-likeness (QED) is 0.734. The second kappa shape index (κ2) is 8.38. The van der Waals surface area contributed by atoms with Crippen molar-refractivity contribution in [1.29, 1.82) is 0 Å². The van der Waals surface area contributed by atoms with Crippen LogP contribution in [-0.2, 0) is 10.0 Å². The van der Waals surface area contributed by atoms with Crippen LogP contribution in [0.5, 0.6) is 11.5 Å². The fraction of sp³-hybridized carbons (Fsp3) is 0.316. The minimum absolute atomic E-state index is 0.0244. The Hall–Kier alpha value is -2.29. The molecule has 2 rings (SSSR count). The maximum absolute atomic E-state index is 12.6. The van der Waals surface area contributed by atoms with Crippen molar-refractivity contribution in [2.45, 2.75) is 31.2 Å². The highest BCUT2D eigenvalue weighted by molar-refractivity contribution is 7.89. The number of halogens is 1. The number of hydrogen-bond donors (Lipinski definition) is 2. The minimum atomic E-state index is -3.90. The third-order valence-electron chi connectivity index (χ3n) is 3.53. The molecule has 0 unspecified atom stereocenters. The van der Waals surface area contributed by atoms with Crippen LogP contribution >= 0.6 is 11.6 Å². The Balaban J connectivity index is 2.35. The average Bonchev–Trinajstić information content (AvgIpc) is 2.59. The van der Waals surface area contributed by atoms with Crippen LogP contribution in [0, 0.1) is 0 Å². The van der Waals surface area contributed by atoms with E-state index in [1.54, 1.807) is 39.0 Å². The monoisotopic (exact) mass is 426 g/mol. The Morgan fingerprint density at radius 1 is 1.00 bits per heavy atom. The number of hydrogen-bond acceptors (Lipinski definition) is 5. The highest BCUT2D eigenvalue weighted by Crippen LogP contribution is 2.27. The second-order valence-electron chi connectivity index (χ2n) is 7.06. The molecule has 2 aromatic rings. The molecule has 152 valence electrons. The molecule has 0 aliphatic rings. The Kier molecular flexibility index (Phi) is 6.59. The molecule has 7 nitrogen and oxygen atoms in total. The van der Waals surface area contributed by atoms with E-state index in [1.807, 2.05) is 0 Å². The Morgan fingerprint density at radius 2 is 1.57 bits per heavy atom. The number of nitrogens with one attached hydrogen (secondary N) is 2. The maximum atomic E-state index is 12.6. The van der Waals surface area contributed by atoms with Crippen LogP contribution < -0.4 is 19.5 Å². The summed E-state index contributed by atoms with van der Waals surface area (Å²) in [7, 11) is -0.903. The summed E-state index contributed by atoms with van der Waals surface area (Å²) >= 11 is 6.07. The summed E-state index contributed by atoms with van der Waals surface area (Å²) in [5.41, 5.74) is -0.119. The molecule has 28 heavy (non-hydrogen) atoms. The molecule has 0 aromatic heterocycles. The van der Waals surface area contributed by atoms with E-state index in [0.29, 0.717) is 17.2 Å². The first-order valence-corrected chi connectivity index (χ1v) is 10.2. The van der Waals surface area contributed by atoms with Crippen LogP contribution in [0.15, 0.2) is 41.3 Å². The van der Waals surface area contributed by atoms with E-state index in [0.717, 1.165) is 0 Å². The van der Waals surface area contributed by atoms with Gasteiger partial charge in [-0.05, 0) is 39.0 Å². The van der Waals surface area contributed by atoms with Gasteiger partial charge in [0.1, 0.15) is 16.4 Å². The summed E-state index contributed by atoms with van der Waals surface area (Å²) in [6.45, 7) is 5.14. The SMILES string of the molecule is COc1cc(NC(=O)c2ccc(Cl)c(S(=O)(=O)NC(C)(C)C)c2)cc(OC)c1. The van der Waals surface area contributed by atoms with Gasteiger partial charge in [0.2, 0.25) is 10.0 Å². The standard InChI is InChI=1S/C19H23ClN2O5S/c1-19(2,3)22-28(24,25)17-8-12(6-7-16(17)20)18(23)21-13-9-14(26-4)11-15(10-13)27-5/h6-11,22H,1-5H3,(H,21,23). The molecule has 0 radical (unpaired) electrons. The van der Waals surface area contributed by atoms with Gasteiger partial charge in [-0.25, -0.2) is 13.1 Å². The first-order valence-electron chi connectivity index (χ1n) is 8.33. The highest BCUT2D eigenvalue weighted by atomic mass is 35.5. The van der Waals surface area contributed by atoms with Crippen LogP contribution in [0.3, 0.4) is 0 Å². The van der Waals surface area contributed by atoms with E-state index < -0.39 is 21.5 Å². The number of ether oxygens (including phenoxy) is 2. The molecule has 1 amide bonds. The van der Waals surface area contributed by atoms with Gasteiger partial charge in [-0.1, -0.05) is 11.6 Å². The number of carbonyl (C=O) groups is 1. The van der Waals surface area contributed by atoms with Gasteiger partial charge in [-0.2, -0.15) is 0 Å². The van der Waals surface area contributed by atoms with Crippen molar-refractivity contribution < 1.29 is 22.7 Å². The lowest BCUT2D eigenvalue weighted by molar-refractivity contribution is 0.102. The predicted octanol–water partition coefficient (Wildman–Crippen LogP) is 3.69. The zero-order valence-electron chi connectivity index (χ0n) is 16.3. The summed E-state index contributed by atoms with van der Waals surface area (Å²) in [5.74, 6) is 0.506. The summed E-state index contributed by atoms with van der Waals surface area (Å²) < 4.78 is 38.1. The first-order chi connectivity index (χ1) is 12.9. The van der Waals surface area contributed by atoms with Crippen LogP contribution in [0.4, 0.5) is 5.69 Å². The van der Waals surface area contributed by atoms with Crippen LogP contribution in [0.25, 0.3) is 0 Å². The van der Waals surface area contributed by atoms with Crippen molar-refractivity contribution >= 4 is 33.2 Å². The average molecular weight is 427 g/mol. The fourth-order valence-corrected chi connectivity index (χ4v) is 4.34. The van der Waals surface area contributed by atoms with Crippen LogP contribution in [-0.4, -0.2) is 34.1 Å². The van der Waals surface area contributed by atoms with Crippen molar-refractivity contribution in [3.8, 4) is 11.5 Å². The molecule has 9 heteroatoms. The van der Waals surface area contributed by atoms with Crippen molar-refractivity contribution in [3.05, 3.63) is 47.0 Å². The molecule has 0 bridgehead atoms. The van der Waals surface area contributed by atoms with Crippen molar-refractivity contribution in [2.75, 3.05) is 19.5 Å². The molecule has 0 saturated carbocycles. The molecular weight excluding hydrogens is 404 g/mol. The van der Waals surface area contributed by atoms with Crippen molar-refractivity contribution in [3.63, 3.8) is 0 Å². The van der Waals surface area contributed by atoms with Gasteiger partial charge in [-0.15, -0.1) is 0 Å². The number of carbonyl (C=O) groups excluding carboxylic acids is 1. The van der Waals surface area contributed by atoms with Crippen molar-refractivity contribution in [2.24, 2.45) is 0 Å². The smallest absolute Gasteiger partial charge is 0.255 e. The Bertz CT molecular complexity index is 962. The van der Waals surface area contributed by atoms with E-state index in [-0.39, 0.29) is 15.5 Å². The van der Waals surface area contributed by atoms with E-state index in [2.05, 4.69) is 10.0 Å². The number of benzene rings is 2. The summed E-state index contributed by atoms with van der Waals surface area (Å²) in [5, 5.41) is 2.72. The van der Waals surface area contributed by atoms with Gasteiger partial charge in [0.15, 0.2) is 0 Å². The topological polar surface area (TPSA) is 93.7 Å². The molecule has 0 spiro atoms. The zero-order valence-corrected chi connectivity index (χ0v) is 17.9. The molecule has 0 atom stereocenters. The van der Waals surface area contributed by atoms with Crippen LogP contribution in [0.2, 0.25) is 5.02 Å². The molecule has 0 saturated heterocycles. The highest BCUT2D eigenvalue weighted by Gasteiger charge is 2.25. The van der Waals surface area contributed by atoms with Gasteiger partial charge >= 0.3 is 0 Å². The third-order valence-corrected chi connectivity index (χ3v) is 5.77. The normalized spacial score (nSPS) is 11.8. The first kappa shape index (κ1) is 22.0. The largest absolute Gasteiger partial charge is 0.497 e. The van der Waals surface area contributed by atoms with Crippen molar-refractivity contribution in [1.82, 2.24) is 4.72 Å². The molecule has 0 fully saturated rings. The zero-order chi connectivity index (χ0) is 21.1. The van der Waals surface area contributed by atoms with Crippen LogP contribution in [0.1, 0.15) is 31.1 Å². The third kappa shape index (κ3) is 5.60. The van der Waals surface area contributed by atoms with E-state index in [4.69, 9.17) is 21.1 Å². The Morgan fingerprint density at radius 3 is 2.07 bits per heavy atom. The number of anilines is 1. The van der Waals surface area contributed by atoms with Gasteiger partial charge in [0.05, 0.1) is 19.2 Å². The number of rotatable bonds is 6. The lowest BCUT2D eigenvalue weighted by Crippen LogP contribution is -2.40. The Labute approximate surface area is 170 Å². The number of amides is 1. The summed E-state index contributed by atoms with van der Waals surface area (Å²) in [4.78, 5) is 12.5. The molecule has 0 heterocycles. The fourth-order valence-electron chi connectivity index (χ4n) is 2.39. The maximum Gasteiger partial charge on any atom is 0.255 e. The summed E-state index contributed by atoms with van der Waals surface area (Å²) in [6, 6.07) is 8.97. The van der Waals surface area contributed by atoms with Gasteiger partial charge in [0.25, 0.3) is 5.91 Å². The molecule has 0 aliphatic carbocycles. The number of sulfonamides is 1. The molecular formula is C19H23ClN2O5S. The second-order valence-corrected chi connectivity index (χ2v) is 9.11. The molecule has 0 aliphatic heterocycles. The van der Waals surface area contributed by atoms with E-state index >= 15 is 0 Å². The van der Waals surface area contributed by atoms with Gasteiger partial charge < -0.3 is 14.8 Å². The van der Waals surface area contributed by atoms with E-state index in [9.17, 15) is 13.2 Å². The van der Waals surface area contributed by atoms with Gasteiger partial charge in [0, 0.05) is 35.0 Å². The van der Waals surface area contributed by atoms with E-state index in [1.165, 1.54) is 32.4 Å². The predicted molar refractivity (Wildman–Crippen MR) is 109 cm³/mol.